The lowest BCUT2D eigenvalue weighted by atomic mass is 10.0. The summed E-state index contributed by atoms with van der Waals surface area (Å²) in [7, 11) is 0. The molecule has 1 amide bonds. The topological polar surface area (TPSA) is 51.0 Å². The van der Waals surface area contributed by atoms with Crippen molar-refractivity contribution in [1.82, 2.24) is 19.7 Å². The van der Waals surface area contributed by atoms with E-state index in [0.717, 1.165) is 18.0 Å². The Labute approximate surface area is 147 Å². The van der Waals surface area contributed by atoms with Crippen LogP contribution in [0.3, 0.4) is 0 Å². The number of rotatable bonds is 4. The van der Waals surface area contributed by atoms with Crippen molar-refractivity contribution in [2.24, 2.45) is 0 Å². The Balaban J connectivity index is 1.89. The zero-order valence-electron chi connectivity index (χ0n) is 12.6. The number of hydrogen-bond acceptors (Lipinski definition) is 3. The van der Waals surface area contributed by atoms with E-state index < -0.39 is 17.5 Å². The molecular formula is C15H14Cl2F2N4O. The average Bonchev–Trinajstić information content (AvgIpc) is 3.05. The van der Waals surface area contributed by atoms with Crippen molar-refractivity contribution in [3.63, 3.8) is 0 Å². The molecule has 9 heteroatoms. The van der Waals surface area contributed by atoms with Gasteiger partial charge in [0.05, 0.1) is 11.6 Å². The van der Waals surface area contributed by atoms with E-state index in [2.05, 4.69) is 10.1 Å². The monoisotopic (exact) mass is 374 g/mol. The van der Waals surface area contributed by atoms with E-state index in [1.807, 2.05) is 0 Å². The fourth-order valence-corrected chi connectivity index (χ4v) is 3.20. The van der Waals surface area contributed by atoms with Crippen molar-refractivity contribution >= 4 is 29.1 Å². The summed E-state index contributed by atoms with van der Waals surface area (Å²) in [5.74, 6) is -1.54. The smallest absolute Gasteiger partial charge is 0.238 e. The van der Waals surface area contributed by atoms with Crippen LogP contribution in [-0.4, -0.2) is 37.5 Å². The minimum absolute atomic E-state index is 0.187. The number of alkyl halides is 1. The predicted octanol–water partition coefficient (Wildman–Crippen LogP) is 2.79. The van der Waals surface area contributed by atoms with Crippen molar-refractivity contribution in [3.05, 3.63) is 46.5 Å². The Morgan fingerprint density at radius 3 is 2.96 bits per heavy atom. The molecule has 2 heterocycles. The normalized spacial score (nSPS) is 16.8. The van der Waals surface area contributed by atoms with Crippen molar-refractivity contribution in [2.45, 2.75) is 32.0 Å². The second-order valence-corrected chi connectivity index (χ2v) is 6.20. The number of halogens is 4. The van der Waals surface area contributed by atoms with Crippen LogP contribution in [0.4, 0.5) is 8.78 Å². The number of carbonyl (C=O) groups excluding carboxylic acids is 1. The van der Waals surface area contributed by atoms with Gasteiger partial charge in [-0.2, -0.15) is 5.10 Å². The summed E-state index contributed by atoms with van der Waals surface area (Å²) in [4.78, 5) is 17.8. The summed E-state index contributed by atoms with van der Waals surface area (Å²) in [5.41, 5.74) is -0.243. The Kier molecular flexibility index (Phi) is 5.01. The van der Waals surface area contributed by atoms with Gasteiger partial charge in [0.2, 0.25) is 5.91 Å². The van der Waals surface area contributed by atoms with Crippen LogP contribution in [0.1, 0.15) is 17.8 Å². The fourth-order valence-electron chi connectivity index (χ4n) is 2.87. The SMILES string of the molecule is O=C(CCl)N(Cc1c(F)ccc(Cl)c1F)C1CCn2ncnc2C1. The molecule has 128 valence electrons. The van der Waals surface area contributed by atoms with Crippen LogP contribution < -0.4 is 0 Å². The Morgan fingerprint density at radius 1 is 1.42 bits per heavy atom. The molecule has 0 saturated carbocycles. The zero-order chi connectivity index (χ0) is 17.3. The highest BCUT2D eigenvalue weighted by molar-refractivity contribution is 6.30. The number of carbonyl (C=O) groups is 1. The van der Waals surface area contributed by atoms with Gasteiger partial charge in [-0.3, -0.25) is 4.79 Å². The van der Waals surface area contributed by atoms with Crippen LogP contribution in [0.2, 0.25) is 5.02 Å². The molecule has 1 unspecified atom stereocenters. The van der Waals surface area contributed by atoms with Crippen LogP contribution in [0.15, 0.2) is 18.5 Å². The maximum atomic E-state index is 14.2. The first-order valence-electron chi connectivity index (χ1n) is 7.35. The van der Waals surface area contributed by atoms with Gasteiger partial charge in [0.25, 0.3) is 0 Å². The molecule has 1 aromatic carbocycles. The first kappa shape index (κ1) is 17.1. The maximum absolute atomic E-state index is 14.2. The van der Waals surface area contributed by atoms with Crippen molar-refractivity contribution in [2.75, 3.05) is 5.88 Å². The molecule has 0 spiro atoms. The average molecular weight is 375 g/mol. The number of amides is 1. The van der Waals surface area contributed by atoms with E-state index in [1.54, 1.807) is 4.68 Å². The molecule has 0 N–H and O–H groups in total. The van der Waals surface area contributed by atoms with Gasteiger partial charge in [-0.15, -0.1) is 11.6 Å². The zero-order valence-corrected chi connectivity index (χ0v) is 14.1. The Morgan fingerprint density at radius 2 is 2.21 bits per heavy atom. The number of aryl methyl sites for hydroxylation is 1. The molecule has 1 aromatic heterocycles. The van der Waals surface area contributed by atoms with Gasteiger partial charge >= 0.3 is 0 Å². The lowest BCUT2D eigenvalue weighted by molar-refractivity contribution is -0.132. The van der Waals surface area contributed by atoms with E-state index in [-0.39, 0.29) is 29.1 Å². The summed E-state index contributed by atoms with van der Waals surface area (Å²) in [5, 5.41) is 3.89. The number of fused-ring (bicyclic) bond motifs is 1. The number of aromatic nitrogens is 3. The Bertz CT molecular complexity index is 768. The highest BCUT2D eigenvalue weighted by Gasteiger charge is 2.30. The van der Waals surface area contributed by atoms with E-state index in [0.29, 0.717) is 19.4 Å². The fraction of sp³-hybridized carbons (Fsp3) is 0.400. The molecule has 5 nitrogen and oxygen atoms in total. The molecular weight excluding hydrogens is 361 g/mol. The molecule has 0 bridgehead atoms. The third kappa shape index (κ3) is 3.23. The third-order valence-corrected chi connectivity index (χ3v) is 4.65. The summed E-state index contributed by atoms with van der Waals surface area (Å²) in [6.07, 6.45) is 2.50. The van der Waals surface area contributed by atoms with Gasteiger partial charge < -0.3 is 4.90 Å². The van der Waals surface area contributed by atoms with Gasteiger partial charge in [0.1, 0.15) is 29.7 Å². The molecule has 3 rings (SSSR count). The number of hydrogen-bond donors (Lipinski definition) is 0. The molecule has 1 atom stereocenters. The van der Waals surface area contributed by atoms with Gasteiger partial charge in [-0.1, -0.05) is 11.6 Å². The predicted molar refractivity (Wildman–Crippen MR) is 84.8 cm³/mol. The molecule has 0 fully saturated rings. The molecule has 1 aliphatic rings. The van der Waals surface area contributed by atoms with Crippen molar-refractivity contribution in [3.8, 4) is 0 Å². The summed E-state index contributed by atoms with van der Waals surface area (Å²) in [6.45, 7) is 0.342. The molecule has 2 aromatic rings. The molecule has 1 aliphatic heterocycles. The van der Waals surface area contributed by atoms with E-state index in [9.17, 15) is 13.6 Å². The highest BCUT2D eigenvalue weighted by Crippen LogP contribution is 2.25. The van der Waals surface area contributed by atoms with Crippen LogP contribution in [0.5, 0.6) is 0 Å². The quantitative estimate of drug-likeness (QED) is 0.610. The largest absolute Gasteiger partial charge is 0.334 e. The molecule has 24 heavy (non-hydrogen) atoms. The highest BCUT2D eigenvalue weighted by atomic mass is 35.5. The maximum Gasteiger partial charge on any atom is 0.238 e. The van der Waals surface area contributed by atoms with Gasteiger partial charge in [-0.25, -0.2) is 18.4 Å². The van der Waals surface area contributed by atoms with Crippen LogP contribution in [-0.2, 0) is 24.3 Å². The molecule has 0 aliphatic carbocycles. The van der Waals surface area contributed by atoms with E-state index >= 15 is 0 Å². The van der Waals surface area contributed by atoms with Gasteiger partial charge in [0, 0.05) is 24.6 Å². The minimum Gasteiger partial charge on any atom is -0.334 e. The minimum atomic E-state index is -0.858. The van der Waals surface area contributed by atoms with Gasteiger partial charge in [0.15, 0.2) is 0 Å². The van der Waals surface area contributed by atoms with Crippen molar-refractivity contribution < 1.29 is 13.6 Å². The van der Waals surface area contributed by atoms with Crippen LogP contribution >= 0.6 is 23.2 Å². The number of benzene rings is 1. The second kappa shape index (κ2) is 7.03. The third-order valence-electron chi connectivity index (χ3n) is 4.13. The summed E-state index contributed by atoms with van der Waals surface area (Å²) in [6, 6.07) is 1.97. The first-order chi connectivity index (χ1) is 11.5. The lowest BCUT2D eigenvalue weighted by Crippen LogP contribution is -2.45. The Hall–Kier alpha value is -1.73. The number of nitrogens with zero attached hydrogens (tertiary/aromatic N) is 4. The van der Waals surface area contributed by atoms with Gasteiger partial charge in [-0.05, 0) is 18.6 Å². The standard InChI is InChI=1S/C15H14Cl2F2N4O/c16-6-14(24)22(7-10-12(18)2-1-11(17)15(10)19)9-3-4-23-13(5-9)20-8-21-23/h1-2,8-9H,3-7H2. The summed E-state index contributed by atoms with van der Waals surface area (Å²) < 4.78 is 29.9. The van der Waals surface area contributed by atoms with Crippen LogP contribution in [0, 0.1) is 11.6 Å². The van der Waals surface area contributed by atoms with Crippen molar-refractivity contribution in [1.29, 1.82) is 0 Å². The molecule has 0 radical (unpaired) electrons. The van der Waals surface area contributed by atoms with E-state index in [1.165, 1.54) is 11.2 Å². The first-order valence-corrected chi connectivity index (χ1v) is 8.27. The molecule has 0 saturated heterocycles. The summed E-state index contributed by atoms with van der Waals surface area (Å²) >= 11 is 11.4. The second-order valence-electron chi connectivity index (χ2n) is 5.52. The van der Waals surface area contributed by atoms with Crippen LogP contribution in [0.25, 0.3) is 0 Å². The van der Waals surface area contributed by atoms with E-state index in [4.69, 9.17) is 23.2 Å². The lowest BCUT2D eigenvalue weighted by Gasteiger charge is -2.34.